The Labute approximate surface area is 153 Å². The Bertz CT molecular complexity index is 677. The van der Waals surface area contributed by atoms with Gasteiger partial charge in [-0.25, -0.2) is 4.79 Å². The van der Waals surface area contributed by atoms with E-state index in [1.165, 1.54) is 0 Å². The van der Waals surface area contributed by atoms with Crippen molar-refractivity contribution in [3.05, 3.63) is 71.8 Å². The van der Waals surface area contributed by atoms with Crippen molar-refractivity contribution in [3.8, 4) is 0 Å². The van der Waals surface area contributed by atoms with E-state index in [2.05, 4.69) is 5.32 Å². The summed E-state index contributed by atoms with van der Waals surface area (Å²) < 4.78 is 10.9. The highest BCUT2D eigenvalue weighted by molar-refractivity contribution is 5.84. The fourth-order valence-electron chi connectivity index (χ4n) is 2.26. The normalized spacial score (nSPS) is 11.6. The number of carbonyl (C=O) groups excluding carboxylic acids is 2. The minimum absolute atomic E-state index is 0.0266. The first kappa shape index (κ1) is 19.6. The molecule has 0 spiro atoms. The average Bonchev–Trinajstić information content (AvgIpc) is 2.67. The topological polar surface area (TPSA) is 90.7 Å². The molecule has 1 atom stereocenters. The highest BCUT2D eigenvalue weighted by atomic mass is 16.5. The maximum Gasteiger partial charge on any atom is 0.331 e. The predicted molar refractivity (Wildman–Crippen MR) is 97.9 cm³/mol. The molecule has 0 radical (unpaired) electrons. The van der Waals surface area contributed by atoms with Crippen LogP contribution in [0.25, 0.3) is 0 Å². The summed E-state index contributed by atoms with van der Waals surface area (Å²) in [7, 11) is 0. The summed E-state index contributed by atoms with van der Waals surface area (Å²) in [5.74, 6) is -0.843. The van der Waals surface area contributed by atoms with Crippen molar-refractivity contribution < 1.29 is 19.1 Å². The van der Waals surface area contributed by atoms with Crippen LogP contribution in [0.3, 0.4) is 0 Å². The molecule has 1 amide bonds. The summed E-state index contributed by atoms with van der Waals surface area (Å²) >= 11 is 0. The van der Waals surface area contributed by atoms with Gasteiger partial charge in [0.05, 0.1) is 13.2 Å². The summed E-state index contributed by atoms with van der Waals surface area (Å²) in [6, 6.07) is 18.1. The number of hydrogen-bond acceptors (Lipinski definition) is 5. The lowest BCUT2D eigenvalue weighted by Gasteiger charge is -2.18. The van der Waals surface area contributed by atoms with Crippen LogP contribution in [-0.4, -0.2) is 31.1 Å². The van der Waals surface area contributed by atoms with Gasteiger partial charge in [-0.1, -0.05) is 60.7 Å². The summed E-state index contributed by atoms with van der Waals surface area (Å²) in [6.07, 6.45) is 0.140. The number of carbonyl (C=O) groups is 2. The fourth-order valence-corrected chi connectivity index (χ4v) is 2.26. The van der Waals surface area contributed by atoms with E-state index >= 15 is 0 Å². The van der Waals surface area contributed by atoms with Crippen LogP contribution in [0.2, 0.25) is 0 Å². The Morgan fingerprint density at radius 2 is 1.50 bits per heavy atom. The number of amides is 1. The van der Waals surface area contributed by atoms with Gasteiger partial charge < -0.3 is 20.5 Å². The van der Waals surface area contributed by atoms with Crippen LogP contribution < -0.4 is 11.1 Å². The van der Waals surface area contributed by atoms with E-state index in [0.717, 1.165) is 11.1 Å². The van der Waals surface area contributed by atoms with Gasteiger partial charge in [0, 0.05) is 13.0 Å². The summed E-state index contributed by atoms with van der Waals surface area (Å²) in [6.45, 7) is 0.721. The van der Waals surface area contributed by atoms with Gasteiger partial charge >= 0.3 is 5.97 Å². The molecule has 0 saturated heterocycles. The van der Waals surface area contributed by atoms with Gasteiger partial charge in [-0.2, -0.15) is 0 Å². The fraction of sp³-hybridized carbons (Fsp3) is 0.300. The van der Waals surface area contributed by atoms with E-state index in [1.54, 1.807) is 0 Å². The van der Waals surface area contributed by atoms with Gasteiger partial charge in [-0.05, 0) is 11.1 Å². The van der Waals surface area contributed by atoms with E-state index < -0.39 is 12.0 Å². The van der Waals surface area contributed by atoms with Crippen molar-refractivity contribution in [2.75, 3.05) is 13.2 Å². The molecule has 2 aromatic rings. The third-order valence-corrected chi connectivity index (χ3v) is 3.61. The van der Waals surface area contributed by atoms with Gasteiger partial charge in [0.25, 0.3) is 0 Å². The molecule has 2 aromatic carbocycles. The van der Waals surface area contributed by atoms with Gasteiger partial charge in [-0.15, -0.1) is 0 Å². The van der Waals surface area contributed by atoms with Crippen LogP contribution in [0.15, 0.2) is 60.7 Å². The lowest BCUT2D eigenvalue weighted by atomic mass is 10.2. The predicted octanol–water partition coefficient (Wildman–Crippen LogP) is 1.78. The van der Waals surface area contributed by atoms with E-state index in [4.69, 9.17) is 15.2 Å². The van der Waals surface area contributed by atoms with E-state index in [-0.39, 0.29) is 32.1 Å². The molecule has 138 valence electrons. The Balaban J connectivity index is 1.88. The van der Waals surface area contributed by atoms with Crippen LogP contribution in [0.4, 0.5) is 0 Å². The lowest BCUT2D eigenvalue weighted by Crippen LogP contribution is -2.45. The van der Waals surface area contributed by atoms with Crippen LogP contribution in [0.1, 0.15) is 17.5 Å². The molecule has 6 heteroatoms. The molecule has 0 aliphatic rings. The first-order valence-electron chi connectivity index (χ1n) is 8.50. The van der Waals surface area contributed by atoms with Crippen molar-refractivity contribution in [2.24, 2.45) is 5.73 Å². The monoisotopic (exact) mass is 356 g/mol. The van der Waals surface area contributed by atoms with Crippen molar-refractivity contribution >= 4 is 11.9 Å². The quantitative estimate of drug-likeness (QED) is 0.633. The summed E-state index contributed by atoms with van der Waals surface area (Å²) in [4.78, 5) is 24.2. The molecule has 0 bridgehead atoms. The number of nitrogens with two attached hydrogens (primary N) is 1. The van der Waals surface area contributed by atoms with Gasteiger partial charge in [0.1, 0.15) is 6.61 Å². The van der Waals surface area contributed by atoms with Crippen LogP contribution >= 0.6 is 0 Å². The van der Waals surface area contributed by atoms with E-state index in [9.17, 15) is 9.59 Å². The third kappa shape index (κ3) is 7.04. The lowest BCUT2D eigenvalue weighted by molar-refractivity contribution is -0.151. The Morgan fingerprint density at radius 1 is 0.923 bits per heavy atom. The molecular formula is C20H24N2O4. The van der Waals surface area contributed by atoms with Crippen LogP contribution in [0.5, 0.6) is 0 Å². The molecule has 2 rings (SSSR count). The summed E-state index contributed by atoms with van der Waals surface area (Å²) in [5.41, 5.74) is 7.24. The first-order chi connectivity index (χ1) is 12.7. The molecule has 0 aromatic heterocycles. The molecule has 3 N–H and O–H groups in total. The number of rotatable bonds is 10. The number of benzene rings is 2. The van der Waals surface area contributed by atoms with Gasteiger partial charge in [-0.3, -0.25) is 4.79 Å². The number of ether oxygens (including phenoxy) is 2. The maximum absolute atomic E-state index is 12.4. The largest absolute Gasteiger partial charge is 0.459 e. The first-order valence-corrected chi connectivity index (χ1v) is 8.50. The molecule has 0 fully saturated rings. The highest BCUT2D eigenvalue weighted by Crippen LogP contribution is 2.05. The zero-order valence-electron chi connectivity index (χ0n) is 14.6. The maximum atomic E-state index is 12.4. The molecular weight excluding hydrogens is 332 g/mol. The summed E-state index contributed by atoms with van der Waals surface area (Å²) in [5, 5.41) is 2.62. The van der Waals surface area contributed by atoms with Gasteiger partial charge in [0.15, 0.2) is 6.04 Å². The number of hydrogen-bond donors (Lipinski definition) is 2. The smallest absolute Gasteiger partial charge is 0.331 e. The second-order valence-electron chi connectivity index (χ2n) is 5.75. The second kappa shape index (κ2) is 11.0. The zero-order valence-corrected chi connectivity index (χ0v) is 14.6. The molecule has 26 heavy (non-hydrogen) atoms. The third-order valence-electron chi connectivity index (χ3n) is 3.61. The van der Waals surface area contributed by atoms with E-state index in [0.29, 0.717) is 6.61 Å². The Morgan fingerprint density at radius 3 is 2.08 bits per heavy atom. The Kier molecular flexibility index (Phi) is 8.32. The molecule has 0 heterocycles. The molecule has 6 nitrogen and oxygen atoms in total. The second-order valence-corrected chi connectivity index (χ2v) is 5.75. The minimum atomic E-state index is -0.874. The standard InChI is InChI=1S/C20H24N2O4/c21-12-11-19(23)22-18(15-25-13-16-7-3-1-4-8-16)20(24)26-14-17-9-5-2-6-10-17/h1-10,18H,11-15,21H2,(H,22,23)/t18-/m0/s1. The number of esters is 1. The van der Waals surface area contributed by atoms with Crippen LogP contribution in [0, 0.1) is 0 Å². The SMILES string of the molecule is NCCC(=O)N[C@@H](COCc1ccccc1)C(=O)OCc1ccccc1. The molecule has 0 aliphatic carbocycles. The van der Waals surface area contributed by atoms with Crippen molar-refractivity contribution in [2.45, 2.75) is 25.7 Å². The Hall–Kier alpha value is -2.70. The zero-order chi connectivity index (χ0) is 18.6. The van der Waals surface area contributed by atoms with Gasteiger partial charge in [0.2, 0.25) is 5.91 Å². The van der Waals surface area contributed by atoms with Crippen molar-refractivity contribution in [1.82, 2.24) is 5.32 Å². The average molecular weight is 356 g/mol. The minimum Gasteiger partial charge on any atom is -0.459 e. The molecule has 0 saturated carbocycles. The molecule has 0 aliphatic heterocycles. The molecule has 0 unspecified atom stereocenters. The van der Waals surface area contributed by atoms with Crippen molar-refractivity contribution in [3.63, 3.8) is 0 Å². The number of nitrogens with one attached hydrogen (secondary N) is 1. The highest BCUT2D eigenvalue weighted by Gasteiger charge is 2.22. The van der Waals surface area contributed by atoms with Crippen LogP contribution in [-0.2, 0) is 32.3 Å². The van der Waals surface area contributed by atoms with Crippen molar-refractivity contribution in [1.29, 1.82) is 0 Å². The van der Waals surface area contributed by atoms with E-state index in [1.807, 2.05) is 60.7 Å².